The van der Waals surface area contributed by atoms with Gasteiger partial charge in [0.15, 0.2) is 0 Å². The van der Waals surface area contributed by atoms with E-state index in [1.807, 2.05) is 71.9 Å². The van der Waals surface area contributed by atoms with E-state index < -0.39 is 36.3 Å². The molecule has 0 saturated carbocycles. The van der Waals surface area contributed by atoms with Gasteiger partial charge in [0.1, 0.15) is 0 Å². The predicted molar refractivity (Wildman–Crippen MR) is 191 cm³/mol. The minimum atomic E-state index is -0.870. The first-order chi connectivity index (χ1) is 23.1. The number of hydrogen-bond acceptors (Lipinski definition) is 7. The summed E-state index contributed by atoms with van der Waals surface area (Å²) < 4.78 is 11.8. The second-order valence-electron chi connectivity index (χ2n) is 14.5. The average molecular weight is 689 g/mol. The Kier molecular flexibility index (Phi) is 17.2. The van der Waals surface area contributed by atoms with Crippen molar-refractivity contribution in [3.05, 3.63) is 35.9 Å². The van der Waals surface area contributed by atoms with Crippen molar-refractivity contribution in [1.29, 1.82) is 0 Å². The van der Waals surface area contributed by atoms with E-state index in [-0.39, 0.29) is 66.3 Å². The molecule has 1 aliphatic heterocycles. The molecule has 11 heteroatoms. The molecular weight excluding hydrogens is 624 g/mol. The van der Waals surface area contributed by atoms with E-state index in [9.17, 15) is 24.3 Å². The van der Waals surface area contributed by atoms with E-state index in [1.54, 1.807) is 44.9 Å². The Morgan fingerprint density at radius 1 is 0.959 bits per heavy atom. The molecule has 11 nitrogen and oxygen atoms in total. The van der Waals surface area contributed by atoms with Crippen LogP contribution < -0.4 is 10.6 Å². The van der Waals surface area contributed by atoms with Crippen molar-refractivity contribution in [2.45, 2.75) is 118 Å². The number of carbonyl (C=O) groups excluding carboxylic acids is 4. The lowest BCUT2D eigenvalue weighted by Gasteiger charge is -2.39. The highest BCUT2D eigenvalue weighted by Crippen LogP contribution is 2.30. The number of rotatable bonds is 19. The zero-order valence-corrected chi connectivity index (χ0v) is 31.8. The van der Waals surface area contributed by atoms with Gasteiger partial charge in [-0.2, -0.15) is 0 Å². The maximum atomic E-state index is 14.0. The van der Waals surface area contributed by atoms with Crippen LogP contribution in [0.15, 0.2) is 30.3 Å². The van der Waals surface area contributed by atoms with Gasteiger partial charge >= 0.3 is 0 Å². The average Bonchev–Trinajstić information content (AvgIpc) is 3.56. The number of methoxy groups -OCH3 is 2. The van der Waals surface area contributed by atoms with Crippen LogP contribution in [-0.2, 0) is 28.7 Å². The molecule has 4 amide bonds. The van der Waals surface area contributed by atoms with Gasteiger partial charge in [-0.25, -0.2) is 0 Å². The molecule has 3 N–H and O–H groups in total. The lowest BCUT2D eigenvalue weighted by Crippen LogP contribution is -2.54. The minimum Gasteiger partial charge on any atom is -0.386 e. The molecule has 1 aromatic carbocycles. The molecular formula is C38H64N4O7. The summed E-state index contributed by atoms with van der Waals surface area (Å²) >= 11 is 0. The summed E-state index contributed by atoms with van der Waals surface area (Å²) in [6.45, 7) is 16.0. The van der Waals surface area contributed by atoms with Crippen LogP contribution in [0.4, 0.5) is 0 Å². The maximum Gasteiger partial charge on any atom is 0.242 e. The summed E-state index contributed by atoms with van der Waals surface area (Å²) in [4.78, 5) is 57.2. The van der Waals surface area contributed by atoms with Crippen LogP contribution in [0.25, 0.3) is 0 Å². The van der Waals surface area contributed by atoms with Crippen LogP contribution in [-0.4, -0.2) is 103 Å². The Morgan fingerprint density at radius 2 is 1.57 bits per heavy atom. The number of nitrogens with zero attached hydrogens (tertiary/aromatic N) is 2. The Labute approximate surface area is 294 Å². The van der Waals surface area contributed by atoms with Gasteiger partial charge in [0, 0.05) is 33.7 Å². The number of carbonyl (C=O) groups is 4. The Hall–Kier alpha value is -3.02. The normalized spacial score (nSPS) is 19.2. The van der Waals surface area contributed by atoms with Gasteiger partial charge in [-0.1, -0.05) is 85.2 Å². The quantitative estimate of drug-likeness (QED) is 0.198. The van der Waals surface area contributed by atoms with Gasteiger partial charge in [0.25, 0.3) is 0 Å². The van der Waals surface area contributed by atoms with E-state index >= 15 is 0 Å². The standard InChI is InChI=1S/C38H64N4O7/c1-12-25(6)34(41(9)32(44)22-39-38(47)33(23(2)3)24(4)5)30(48-10)21-31(43)42-20-16-19-29(42)36(49-11)26(7)37(46)40-27(8)35(45)28-17-14-13-15-18-28/h13-15,17-18,23-27,29-30,33-36,45H,12,16,19-22H2,1-11H3,(H,39,47)(H,40,46)/t25-,26+,27+,29-,30+,34-,35+,36+/m0/s1. The number of ether oxygens (including phenoxy) is 2. The molecule has 0 unspecified atom stereocenters. The highest BCUT2D eigenvalue weighted by Gasteiger charge is 2.42. The van der Waals surface area contributed by atoms with Crippen molar-refractivity contribution < 1.29 is 33.8 Å². The van der Waals surface area contributed by atoms with Crippen molar-refractivity contribution in [1.82, 2.24) is 20.4 Å². The molecule has 0 spiro atoms. The second-order valence-corrected chi connectivity index (χ2v) is 14.5. The highest BCUT2D eigenvalue weighted by molar-refractivity contribution is 5.86. The first-order valence-corrected chi connectivity index (χ1v) is 18.0. The molecule has 1 fully saturated rings. The van der Waals surface area contributed by atoms with Gasteiger partial charge in [-0.3, -0.25) is 19.2 Å². The van der Waals surface area contributed by atoms with Gasteiger partial charge < -0.3 is 35.0 Å². The molecule has 0 radical (unpaired) electrons. The van der Waals surface area contributed by atoms with Crippen LogP contribution in [0.3, 0.4) is 0 Å². The van der Waals surface area contributed by atoms with E-state index in [4.69, 9.17) is 9.47 Å². The molecule has 1 aliphatic rings. The van der Waals surface area contributed by atoms with Crippen molar-refractivity contribution in [2.24, 2.45) is 29.6 Å². The summed E-state index contributed by atoms with van der Waals surface area (Å²) in [6.07, 6.45) is 0.237. The van der Waals surface area contributed by atoms with Crippen molar-refractivity contribution in [3.63, 3.8) is 0 Å². The molecule has 0 aromatic heterocycles. The fourth-order valence-corrected chi connectivity index (χ4v) is 7.48. The van der Waals surface area contributed by atoms with Crippen LogP contribution in [0.2, 0.25) is 0 Å². The second kappa shape index (κ2) is 20.0. The fraction of sp³-hybridized carbons (Fsp3) is 0.737. The van der Waals surface area contributed by atoms with Crippen LogP contribution >= 0.6 is 0 Å². The largest absolute Gasteiger partial charge is 0.386 e. The number of nitrogens with one attached hydrogen (secondary N) is 2. The summed E-state index contributed by atoms with van der Waals surface area (Å²) in [7, 11) is 4.82. The molecule has 0 bridgehead atoms. The third kappa shape index (κ3) is 11.2. The minimum absolute atomic E-state index is 0.0134. The Morgan fingerprint density at radius 3 is 2.10 bits per heavy atom. The fourth-order valence-electron chi connectivity index (χ4n) is 7.48. The third-order valence-electron chi connectivity index (χ3n) is 10.4. The van der Waals surface area contributed by atoms with Crippen LogP contribution in [0.5, 0.6) is 0 Å². The maximum absolute atomic E-state index is 14.0. The first kappa shape index (κ1) is 42.1. The lowest BCUT2D eigenvalue weighted by molar-refractivity contribution is -0.146. The third-order valence-corrected chi connectivity index (χ3v) is 10.4. The van der Waals surface area contributed by atoms with Gasteiger partial charge in [-0.15, -0.1) is 0 Å². The summed E-state index contributed by atoms with van der Waals surface area (Å²) in [6, 6.07) is 7.92. The highest BCUT2D eigenvalue weighted by atomic mass is 16.5. The van der Waals surface area contributed by atoms with Crippen molar-refractivity contribution in [2.75, 3.05) is 34.4 Å². The molecule has 49 heavy (non-hydrogen) atoms. The molecule has 2 rings (SSSR count). The summed E-state index contributed by atoms with van der Waals surface area (Å²) in [5.74, 6) is -1.27. The van der Waals surface area contributed by atoms with E-state index in [1.165, 1.54) is 0 Å². The Balaban J connectivity index is 2.15. The van der Waals surface area contributed by atoms with E-state index in [2.05, 4.69) is 10.6 Å². The van der Waals surface area contributed by atoms with Gasteiger partial charge in [0.2, 0.25) is 23.6 Å². The number of benzene rings is 1. The SMILES string of the molecule is CC[C@H](C)[C@@H]([C@@H](CC(=O)N1CCC[C@H]1[C@H](OC)[C@@H](C)C(=O)N[C@H](C)[C@@H](O)c1ccccc1)OC)N(C)C(=O)CNC(=O)C(C(C)C)C(C)C. The zero-order valence-electron chi connectivity index (χ0n) is 31.8. The number of amides is 4. The topological polar surface area (TPSA) is 138 Å². The summed E-state index contributed by atoms with van der Waals surface area (Å²) in [5, 5.41) is 16.6. The smallest absolute Gasteiger partial charge is 0.242 e. The van der Waals surface area contributed by atoms with E-state index in [0.29, 0.717) is 18.5 Å². The van der Waals surface area contributed by atoms with Crippen LogP contribution in [0, 0.1) is 29.6 Å². The van der Waals surface area contributed by atoms with E-state index in [0.717, 1.165) is 12.8 Å². The zero-order chi connectivity index (χ0) is 37.0. The molecule has 1 heterocycles. The number of aliphatic hydroxyl groups excluding tert-OH is 1. The van der Waals surface area contributed by atoms with Crippen LogP contribution in [0.1, 0.15) is 92.7 Å². The number of likely N-dealkylation sites (tertiary alicyclic amines) is 1. The molecule has 0 aliphatic carbocycles. The van der Waals surface area contributed by atoms with Gasteiger partial charge in [0.05, 0.1) is 55.3 Å². The molecule has 278 valence electrons. The monoisotopic (exact) mass is 688 g/mol. The van der Waals surface area contributed by atoms with Crippen molar-refractivity contribution in [3.8, 4) is 0 Å². The Bertz CT molecular complexity index is 1190. The number of likely N-dealkylation sites (N-methyl/N-ethyl adjacent to an activating group) is 1. The van der Waals surface area contributed by atoms with Crippen molar-refractivity contribution >= 4 is 23.6 Å². The predicted octanol–water partition coefficient (Wildman–Crippen LogP) is 4.19. The first-order valence-electron chi connectivity index (χ1n) is 18.0. The molecule has 8 atom stereocenters. The lowest BCUT2D eigenvalue weighted by atomic mass is 9.85. The molecule has 1 aromatic rings. The number of aliphatic hydroxyl groups is 1. The number of hydrogen-bond donors (Lipinski definition) is 3. The van der Waals surface area contributed by atoms with Gasteiger partial charge in [-0.05, 0) is 43.1 Å². The summed E-state index contributed by atoms with van der Waals surface area (Å²) in [5.41, 5.74) is 0.713. The molecule has 1 saturated heterocycles.